The summed E-state index contributed by atoms with van der Waals surface area (Å²) >= 11 is 0. The number of phenols is 1. The summed E-state index contributed by atoms with van der Waals surface area (Å²) in [7, 11) is 0. The zero-order valence-electron chi connectivity index (χ0n) is 15.5. The van der Waals surface area contributed by atoms with E-state index >= 15 is 0 Å². The third-order valence-electron chi connectivity index (χ3n) is 5.34. The molecule has 8 nitrogen and oxygen atoms in total. The number of ether oxygens (including phenoxy) is 2. The van der Waals surface area contributed by atoms with Gasteiger partial charge in [0.1, 0.15) is 11.9 Å². The number of halogens is 1. The molecule has 4 heterocycles. The number of alkyl halides is 1. The van der Waals surface area contributed by atoms with Gasteiger partial charge in [0.15, 0.2) is 6.17 Å². The predicted molar refractivity (Wildman–Crippen MR) is 102 cm³/mol. The molecule has 29 heavy (non-hydrogen) atoms. The highest BCUT2D eigenvalue weighted by Crippen LogP contribution is 2.32. The van der Waals surface area contributed by atoms with Gasteiger partial charge < -0.3 is 19.9 Å². The van der Waals surface area contributed by atoms with Crippen molar-refractivity contribution < 1.29 is 19.0 Å². The monoisotopic (exact) mass is 397 g/mol. The summed E-state index contributed by atoms with van der Waals surface area (Å²) in [6.45, 7) is 0.901. The third kappa shape index (κ3) is 3.54. The Labute approximate surface area is 166 Å². The van der Waals surface area contributed by atoms with E-state index in [2.05, 4.69) is 25.7 Å². The van der Waals surface area contributed by atoms with Crippen LogP contribution in [0.4, 0.5) is 4.39 Å². The number of nitrogens with zero attached hydrogens (tertiary/aromatic N) is 3. The van der Waals surface area contributed by atoms with Crippen LogP contribution in [0.3, 0.4) is 0 Å². The normalized spacial score (nSPS) is 26.2. The molecule has 2 aliphatic rings. The average molecular weight is 397 g/mol. The van der Waals surface area contributed by atoms with Crippen molar-refractivity contribution in [3.8, 4) is 34.0 Å². The topological polar surface area (TPSA) is 105 Å². The fourth-order valence-electron chi connectivity index (χ4n) is 3.86. The van der Waals surface area contributed by atoms with Gasteiger partial charge in [-0.05, 0) is 23.8 Å². The molecule has 2 bridgehead atoms. The van der Waals surface area contributed by atoms with Crippen LogP contribution in [0.1, 0.15) is 6.42 Å². The van der Waals surface area contributed by atoms with Crippen molar-refractivity contribution in [3.63, 3.8) is 0 Å². The quantitative estimate of drug-likeness (QED) is 0.619. The Morgan fingerprint density at radius 1 is 1.14 bits per heavy atom. The molecular formula is C20H20FN5O3. The van der Waals surface area contributed by atoms with E-state index in [0.717, 1.165) is 11.1 Å². The Bertz CT molecular complexity index is 982. The van der Waals surface area contributed by atoms with Crippen LogP contribution < -0.4 is 10.1 Å². The molecule has 0 spiro atoms. The summed E-state index contributed by atoms with van der Waals surface area (Å²) in [5.74, 6) is 0.346. The first-order valence-electron chi connectivity index (χ1n) is 9.48. The lowest BCUT2D eigenvalue weighted by atomic mass is 9.93. The second-order valence-corrected chi connectivity index (χ2v) is 7.32. The molecule has 150 valence electrons. The third-order valence-corrected chi connectivity index (χ3v) is 5.34. The number of phenolic OH excluding ortho intramolecular Hbond substituents is 1. The van der Waals surface area contributed by atoms with E-state index in [1.807, 2.05) is 6.07 Å². The van der Waals surface area contributed by atoms with Gasteiger partial charge in [0.2, 0.25) is 5.88 Å². The predicted octanol–water partition coefficient (Wildman–Crippen LogP) is 2.09. The van der Waals surface area contributed by atoms with Crippen LogP contribution in [0, 0.1) is 0 Å². The molecule has 0 saturated carbocycles. The second-order valence-electron chi connectivity index (χ2n) is 7.32. The fraction of sp³-hybridized carbons (Fsp3) is 0.350. The van der Waals surface area contributed by atoms with Crippen molar-refractivity contribution in [2.75, 3.05) is 13.2 Å². The Morgan fingerprint density at radius 3 is 2.83 bits per heavy atom. The Morgan fingerprint density at radius 2 is 2.07 bits per heavy atom. The summed E-state index contributed by atoms with van der Waals surface area (Å²) in [6.07, 6.45) is 2.18. The number of rotatable bonds is 4. The van der Waals surface area contributed by atoms with Crippen molar-refractivity contribution in [1.82, 2.24) is 25.7 Å². The highest BCUT2D eigenvalue weighted by molar-refractivity contribution is 5.73. The van der Waals surface area contributed by atoms with Crippen molar-refractivity contribution in [2.45, 2.75) is 30.8 Å². The maximum atomic E-state index is 14.6. The molecule has 9 heteroatoms. The standard InChI is InChI=1S/C20H20FN5O3/c21-20-16-10-28-9-13(24-16)6-18(20)29-19-4-3-15(25-26-19)14-2-1-11(5-17(14)27)12-7-22-23-8-12/h1-5,7-8,13,16,18,20,24,27H,6,9-10H2,(H,22,23)/t13-,16-,18+,20-/m1/s1. The number of aromatic amines is 1. The number of morpholine rings is 1. The van der Waals surface area contributed by atoms with Gasteiger partial charge in [-0.15, -0.1) is 10.2 Å². The van der Waals surface area contributed by atoms with E-state index in [1.54, 1.807) is 36.7 Å². The molecule has 0 aliphatic carbocycles. The highest BCUT2D eigenvalue weighted by Gasteiger charge is 2.42. The summed E-state index contributed by atoms with van der Waals surface area (Å²) in [5.41, 5.74) is 2.76. The summed E-state index contributed by atoms with van der Waals surface area (Å²) in [6, 6.07) is 8.37. The Kier molecular flexibility index (Phi) is 4.61. The minimum Gasteiger partial charge on any atom is -0.507 e. The fourth-order valence-corrected chi connectivity index (χ4v) is 3.86. The lowest BCUT2D eigenvalue weighted by Gasteiger charge is -2.41. The lowest BCUT2D eigenvalue weighted by Crippen LogP contribution is -2.62. The number of piperidine rings is 1. The second kappa shape index (κ2) is 7.41. The SMILES string of the molecule is Oc1cc(-c2cn[nH]c2)ccc1-c1ccc(O[C@H]2C[C@@H]3COC[C@@H](N3)[C@H]2F)nn1. The van der Waals surface area contributed by atoms with Crippen LogP contribution in [0.2, 0.25) is 0 Å². The van der Waals surface area contributed by atoms with Crippen LogP contribution in [0.15, 0.2) is 42.7 Å². The molecule has 3 aromatic rings. The van der Waals surface area contributed by atoms with Gasteiger partial charge in [0, 0.05) is 35.9 Å². The maximum Gasteiger partial charge on any atom is 0.233 e. The van der Waals surface area contributed by atoms with E-state index in [4.69, 9.17) is 9.47 Å². The molecule has 4 atom stereocenters. The van der Waals surface area contributed by atoms with Crippen molar-refractivity contribution in [1.29, 1.82) is 0 Å². The molecule has 2 saturated heterocycles. The Balaban J connectivity index is 1.31. The van der Waals surface area contributed by atoms with Gasteiger partial charge in [-0.1, -0.05) is 6.07 Å². The van der Waals surface area contributed by atoms with Crippen molar-refractivity contribution in [2.24, 2.45) is 0 Å². The van der Waals surface area contributed by atoms with Gasteiger partial charge in [-0.3, -0.25) is 5.10 Å². The van der Waals surface area contributed by atoms with E-state index in [-0.39, 0.29) is 23.7 Å². The average Bonchev–Trinajstić information content (AvgIpc) is 3.28. The number of aromatic nitrogens is 4. The number of H-pyrrole nitrogens is 1. The first-order valence-corrected chi connectivity index (χ1v) is 9.48. The van der Waals surface area contributed by atoms with Gasteiger partial charge in [-0.2, -0.15) is 5.10 Å². The van der Waals surface area contributed by atoms with Gasteiger partial charge in [0.05, 0.1) is 31.1 Å². The molecule has 2 aromatic heterocycles. The van der Waals surface area contributed by atoms with E-state index in [9.17, 15) is 9.50 Å². The van der Waals surface area contributed by atoms with Crippen molar-refractivity contribution in [3.05, 3.63) is 42.7 Å². The van der Waals surface area contributed by atoms with E-state index < -0.39 is 12.3 Å². The number of hydrogen-bond donors (Lipinski definition) is 3. The number of hydrogen-bond acceptors (Lipinski definition) is 7. The first kappa shape index (κ1) is 18.0. The Hall–Kier alpha value is -3.04. The van der Waals surface area contributed by atoms with Gasteiger partial charge in [0.25, 0.3) is 0 Å². The number of aromatic hydroxyl groups is 1. The van der Waals surface area contributed by atoms with Crippen LogP contribution in [0.5, 0.6) is 11.6 Å². The number of fused-ring (bicyclic) bond motifs is 2. The minimum atomic E-state index is -1.17. The van der Waals surface area contributed by atoms with Crippen LogP contribution in [-0.4, -0.2) is 63.1 Å². The summed E-state index contributed by atoms with van der Waals surface area (Å²) in [5, 5.41) is 28.5. The number of benzene rings is 1. The van der Waals surface area contributed by atoms with Crippen LogP contribution in [0.25, 0.3) is 22.4 Å². The zero-order valence-corrected chi connectivity index (χ0v) is 15.5. The van der Waals surface area contributed by atoms with Gasteiger partial charge >= 0.3 is 0 Å². The molecule has 0 unspecified atom stereocenters. The molecular weight excluding hydrogens is 377 g/mol. The van der Waals surface area contributed by atoms with Crippen molar-refractivity contribution >= 4 is 0 Å². The molecule has 2 fully saturated rings. The summed E-state index contributed by atoms with van der Waals surface area (Å²) in [4.78, 5) is 0. The highest BCUT2D eigenvalue weighted by atomic mass is 19.1. The lowest BCUT2D eigenvalue weighted by molar-refractivity contribution is -0.0594. The van der Waals surface area contributed by atoms with Crippen LogP contribution in [-0.2, 0) is 4.74 Å². The minimum absolute atomic E-state index is 0.0849. The first-order chi connectivity index (χ1) is 14.2. The number of nitrogens with one attached hydrogen (secondary N) is 2. The van der Waals surface area contributed by atoms with Crippen LogP contribution >= 0.6 is 0 Å². The molecule has 2 aliphatic heterocycles. The molecule has 1 aromatic carbocycles. The van der Waals surface area contributed by atoms with E-state index in [0.29, 0.717) is 30.9 Å². The molecule has 5 rings (SSSR count). The van der Waals surface area contributed by atoms with Gasteiger partial charge in [-0.25, -0.2) is 4.39 Å². The molecule has 0 radical (unpaired) electrons. The molecule has 0 amide bonds. The summed E-state index contributed by atoms with van der Waals surface area (Å²) < 4.78 is 25.8. The zero-order chi connectivity index (χ0) is 19.8. The van der Waals surface area contributed by atoms with E-state index in [1.165, 1.54) is 0 Å². The smallest absolute Gasteiger partial charge is 0.233 e. The maximum absolute atomic E-state index is 14.6. The largest absolute Gasteiger partial charge is 0.507 e. The molecule has 3 N–H and O–H groups in total.